The molecule has 15 heavy (non-hydrogen) atoms. The van der Waals surface area contributed by atoms with Gasteiger partial charge in [0, 0.05) is 17.8 Å². The predicted molar refractivity (Wildman–Crippen MR) is 57.9 cm³/mol. The van der Waals surface area contributed by atoms with Gasteiger partial charge in [-0.25, -0.2) is 4.98 Å². The molecule has 0 bridgehead atoms. The van der Waals surface area contributed by atoms with E-state index in [2.05, 4.69) is 9.72 Å². The third-order valence-electron chi connectivity index (χ3n) is 2.54. The van der Waals surface area contributed by atoms with Crippen LogP contribution in [0.3, 0.4) is 0 Å². The zero-order valence-electron chi connectivity index (χ0n) is 8.60. The van der Waals surface area contributed by atoms with Crippen LogP contribution in [0.5, 0.6) is 0 Å². The van der Waals surface area contributed by atoms with Gasteiger partial charge in [-0.1, -0.05) is 0 Å². The van der Waals surface area contributed by atoms with Crippen molar-refractivity contribution in [2.45, 2.75) is 24.7 Å². The molecule has 2 rings (SSSR count). The van der Waals surface area contributed by atoms with Crippen LogP contribution in [0, 0.1) is 0 Å². The van der Waals surface area contributed by atoms with Crippen LogP contribution in [-0.2, 0) is 9.53 Å². The lowest BCUT2D eigenvalue weighted by atomic mass is 10.1. The van der Waals surface area contributed by atoms with Crippen molar-refractivity contribution in [2.75, 3.05) is 13.7 Å². The van der Waals surface area contributed by atoms with E-state index in [1.165, 1.54) is 20.0 Å². The van der Waals surface area contributed by atoms with E-state index in [1.807, 2.05) is 5.38 Å². The van der Waals surface area contributed by atoms with Crippen LogP contribution in [-0.4, -0.2) is 24.6 Å². The molecule has 1 aromatic rings. The third kappa shape index (κ3) is 2.18. The number of ether oxygens (including phenoxy) is 1. The molecule has 1 aliphatic carbocycles. The number of carbonyl (C=O) groups is 1. The molecular formula is C10H14N2O2S. The Labute approximate surface area is 92.5 Å². The Kier molecular flexibility index (Phi) is 3.02. The fourth-order valence-corrected chi connectivity index (χ4v) is 2.50. The van der Waals surface area contributed by atoms with Gasteiger partial charge in [0.15, 0.2) is 0 Å². The first-order chi connectivity index (χ1) is 7.26. The first kappa shape index (κ1) is 10.6. The van der Waals surface area contributed by atoms with Gasteiger partial charge in [0.25, 0.3) is 0 Å². The molecule has 1 aliphatic rings. The zero-order chi connectivity index (χ0) is 10.8. The summed E-state index contributed by atoms with van der Waals surface area (Å²) in [7, 11) is 1.37. The number of carbonyl (C=O) groups excluding carboxylic acids is 1. The highest BCUT2D eigenvalue weighted by Gasteiger charge is 2.29. The molecule has 5 heteroatoms. The highest BCUT2D eigenvalue weighted by Crippen LogP contribution is 2.41. The Morgan fingerprint density at radius 1 is 1.80 bits per heavy atom. The number of nitrogens with zero attached hydrogens (tertiary/aromatic N) is 1. The maximum Gasteiger partial charge on any atom is 0.316 e. The molecular weight excluding hydrogens is 212 g/mol. The van der Waals surface area contributed by atoms with E-state index < -0.39 is 5.92 Å². The Morgan fingerprint density at radius 2 is 2.53 bits per heavy atom. The Morgan fingerprint density at radius 3 is 3.07 bits per heavy atom. The highest BCUT2D eigenvalue weighted by atomic mass is 32.1. The van der Waals surface area contributed by atoms with Gasteiger partial charge in [0.2, 0.25) is 0 Å². The molecule has 0 spiro atoms. The second-order valence-corrected chi connectivity index (χ2v) is 4.59. The van der Waals surface area contributed by atoms with E-state index in [-0.39, 0.29) is 12.5 Å². The van der Waals surface area contributed by atoms with Crippen LogP contribution in [0.1, 0.15) is 35.4 Å². The molecule has 1 saturated carbocycles. The van der Waals surface area contributed by atoms with Crippen LogP contribution in [0.25, 0.3) is 0 Å². The summed E-state index contributed by atoms with van der Waals surface area (Å²) < 4.78 is 4.69. The molecule has 0 aliphatic heterocycles. The molecule has 1 heterocycles. The van der Waals surface area contributed by atoms with E-state index >= 15 is 0 Å². The number of methoxy groups -OCH3 is 1. The van der Waals surface area contributed by atoms with Gasteiger partial charge in [-0.15, -0.1) is 11.3 Å². The maximum absolute atomic E-state index is 11.4. The number of nitrogens with two attached hydrogens (primary N) is 1. The van der Waals surface area contributed by atoms with Crippen molar-refractivity contribution >= 4 is 17.3 Å². The lowest BCUT2D eigenvalue weighted by Crippen LogP contribution is -2.23. The molecule has 0 saturated heterocycles. The van der Waals surface area contributed by atoms with Crippen LogP contribution in [0.15, 0.2) is 5.38 Å². The fraction of sp³-hybridized carbons (Fsp3) is 0.600. The van der Waals surface area contributed by atoms with Gasteiger partial charge >= 0.3 is 5.97 Å². The number of esters is 1. The molecule has 0 aromatic carbocycles. The van der Waals surface area contributed by atoms with Crippen LogP contribution in [0.4, 0.5) is 0 Å². The lowest BCUT2D eigenvalue weighted by Gasteiger charge is -2.08. The van der Waals surface area contributed by atoms with Crippen LogP contribution < -0.4 is 5.73 Å². The summed E-state index contributed by atoms with van der Waals surface area (Å²) in [4.78, 5) is 15.9. The summed E-state index contributed by atoms with van der Waals surface area (Å²) in [6.45, 7) is 0.251. The van der Waals surface area contributed by atoms with E-state index in [9.17, 15) is 4.79 Å². The number of rotatable bonds is 4. The van der Waals surface area contributed by atoms with Crippen molar-refractivity contribution in [2.24, 2.45) is 5.73 Å². The largest absolute Gasteiger partial charge is 0.468 e. The summed E-state index contributed by atoms with van der Waals surface area (Å²) in [5.74, 6) is -0.0799. The van der Waals surface area contributed by atoms with Gasteiger partial charge in [0.1, 0.15) is 5.92 Å². The monoisotopic (exact) mass is 226 g/mol. The summed E-state index contributed by atoms with van der Waals surface area (Å²) in [6, 6.07) is 0. The SMILES string of the molecule is COC(=O)C(CN)c1csc(C2CC2)n1. The fourth-order valence-electron chi connectivity index (χ4n) is 1.46. The van der Waals surface area contributed by atoms with Gasteiger partial charge in [0.05, 0.1) is 17.8 Å². The van der Waals surface area contributed by atoms with E-state index in [0.29, 0.717) is 5.92 Å². The molecule has 1 unspecified atom stereocenters. The summed E-state index contributed by atoms with van der Waals surface area (Å²) >= 11 is 1.62. The minimum Gasteiger partial charge on any atom is -0.468 e. The van der Waals surface area contributed by atoms with Crippen molar-refractivity contribution in [1.82, 2.24) is 4.98 Å². The Balaban J connectivity index is 2.14. The van der Waals surface area contributed by atoms with Crippen molar-refractivity contribution in [3.63, 3.8) is 0 Å². The normalized spacial score (nSPS) is 17.5. The topological polar surface area (TPSA) is 65.2 Å². The predicted octanol–water partition coefficient (Wildman–Crippen LogP) is 1.24. The Bertz CT molecular complexity index is 360. The number of thiazole rings is 1. The lowest BCUT2D eigenvalue weighted by molar-refractivity contribution is -0.142. The minimum absolute atomic E-state index is 0.251. The van der Waals surface area contributed by atoms with Gasteiger partial charge in [-0.2, -0.15) is 0 Å². The van der Waals surface area contributed by atoms with Crippen LogP contribution in [0.2, 0.25) is 0 Å². The third-order valence-corrected chi connectivity index (χ3v) is 3.57. The number of hydrogen-bond acceptors (Lipinski definition) is 5. The average Bonchev–Trinajstić information content (AvgIpc) is 3.00. The molecule has 4 nitrogen and oxygen atoms in total. The standard InChI is InChI=1S/C10H14N2O2S/c1-14-10(13)7(4-11)8-5-15-9(12-8)6-2-3-6/h5-7H,2-4,11H2,1H3. The van der Waals surface area contributed by atoms with Crippen molar-refractivity contribution in [1.29, 1.82) is 0 Å². The molecule has 1 atom stereocenters. The number of hydrogen-bond donors (Lipinski definition) is 1. The molecule has 0 radical (unpaired) electrons. The molecule has 2 N–H and O–H groups in total. The first-order valence-electron chi connectivity index (χ1n) is 4.99. The molecule has 1 aromatic heterocycles. The maximum atomic E-state index is 11.4. The molecule has 1 fully saturated rings. The van der Waals surface area contributed by atoms with E-state index in [4.69, 9.17) is 5.73 Å². The first-order valence-corrected chi connectivity index (χ1v) is 5.87. The second kappa shape index (κ2) is 4.28. The van der Waals surface area contributed by atoms with E-state index in [0.717, 1.165) is 10.7 Å². The van der Waals surface area contributed by atoms with Crippen molar-refractivity contribution in [3.05, 3.63) is 16.1 Å². The van der Waals surface area contributed by atoms with Crippen LogP contribution >= 0.6 is 11.3 Å². The second-order valence-electron chi connectivity index (χ2n) is 3.70. The smallest absolute Gasteiger partial charge is 0.316 e. The van der Waals surface area contributed by atoms with Gasteiger partial charge in [-0.3, -0.25) is 4.79 Å². The molecule has 0 amide bonds. The average molecular weight is 226 g/mol. The minimum atomic E-state index is -0.404. The van der Waals surface area contributed by atoms with Crippen molar-refractivity contribution < 1.29 is 9.53 Å². The summed E-state index contributed by atoms with van der Waals surface area (Å²) in [6.07, 6.45) is 2.44. The van der Waals surface area contributed by atoms with Gasteiger partial charge in [-0.05, 0) is 12.8 Å². The quantitative estimate of drug-likeness (QED) is 0.784. The van der Waals surface area contributed by atoms with Gasteiger partial charge < -0.3 is 10.5 Å². The number of aromatic nitrogens is 1. The summed E-state index contributed by atoms with van der Waals surface area (Å²) in [5, 5.41) is 3.05. The highest BCUT2D eigenvalue weighted by molar-refractivity contribution is 7.09. The van der Waals surface area contributed by atoms with E-state index in [1.54, 1.807) is 11.3 Å². The molecule has 82 valence electrons. The van der Waals surface area contributed by atoms with Crippen molar-refractivity contribution in [3.8, 4) is 0 Å². The summed E-state index contributed by atoms with van der Waals surface area (Å²) in [5.41, 5.74) is 6.31. The Hall–Kier alpha value is -0.940. The zero-order valence-corrected chi connectivity index (χ0v) is 9.42.